The van der Waals surface area contributed by atoms with Gasteiger partial charge in [0.2, 0.25) is 0 Å². The van der Waals surface area contributed by atoms with Gasteiger partial charge in [-0.15, -0.1) is 0 Å². The molecule has 0 spiro atoms. The van der Waals surface area contributed by atoms with Gasteiger partial charge in [-0.1, -0.05) is 47.5 Å². The van der Waals surface area contributed by atoms with E-state index in [0.29, 0.717) is 22.3 Å². The maximum Gasteiger partial charge on any atom is 0.319 e. The lowest BCUT2D eigenvalue weighted by atomic mass is 10.1. The molecular formula is C20H23Cl2N3O2. The van der Waals surface area contributed by atoms with E-state index in [0.717, 1.165) is 31.8 Å². The first kappa shape index (κ1) is 20.0. The fourth-order valence-corrected chi connectivity index (χ4v) is 3.41. The molecule has 2 aromatic rings. The minimum Gasteiger partial charge on any atom is -0.376 e. The smallest absolute Gasteiger partial charge is 0.319 e. The molecule has 1 aliphatic rings. The van der Waals surface area contributed by atoms with Crippen LogP contribution in [0.1, 0.15) is 18.1 Å². The molecule has 0 aromatic heterocycles. The molecule has 1 heterocycles. The summed E-state index contributed by atoms with van der Waals surface area (Å²) in [6.45, 7) is 6.05. The van der Waals surface area contributed by atoms with Crippen LogP contribution in [0.2, 0.25) is 10.0 Å². The van der Waals surface area contributed by atoms with Gasteiger partial charge in [0.25, 0.3) is 0 Å². The zero-order chi connectivity index (χ0) is 19.2. The molecule has 144 valence electrons. The van der Waals surface area contributed by atoms with Gasteiger partial charge < -0.3 is 15.4 Å². The summed E-state index contributed by atoms with van der Waals surface area (Å²) in [7, 11) is 0. The van der Waals surface area contributed by atoms with Gasteiger partial charge in [-0.05, 0) is 36.2 Å². The zero-order valence-electron chi connectivity index (χ0n) is 15.2. The average molecular weight is 408 g/mol. The first-order valence-corrected chi connectivity index (χ1v) is 9.67. The highest BCUT2D eigenvalue weighted by atomic mass is 35.5. The van der Waals surface area contributed by atoms with Crippen LogP contribution in [0.5, 0.6) is 0 Å². The van der Waals surface area contributed by atoms with E-state index in [1.807, 2.05) is 12.1 Å². The Morgan fingerprint density at radius 1 is 1.22 bits per heavy atom. The Labute approximate surface area is 169 Å². The van der Waals surface area contributed by atoms with Crippen molar-refractivity contribution >= 4 is 34.9 Å². The topological polar surface area (TPSA) is 53.6 Å². The van der Waals surface area contributed by atoms with Crippen LogP contribution in [-0.2, 0) is 17.8 Å². The van der Waals surface area contributed by atoms with Crippen molar-refractivity contribution in [2.45, 2.75) is 26.1 Å². The molecule has 0 bridgehead atoms. The van der Waals surface area contributed by atoms with Crippen LogP contribution in [0.15, 0.2) is 42.5 Å². The molecule has 1 aliphatic heterocycles. The number of nitrogens with zero attached hydrogens (tertiary/aromatic N) is 1. The molecule has 1 fully saturated rings. The minimum absolute atomic E-state index is 0.269. The number of ether oxygens (including phenoxy) is 1. The lowest BCUT2D eigenvalue weighted by molar-refractivity contribution is -0.0212. The molecule has 0 unspecified atom stereocenters. The van der Waals surface area contributed by atoms with E-state index in [1.54, 1.807) is 18.2 Å². The molecule has 1 atom stereocenters. The third-order valence-corrected chi connectivity index (χ3v) is 4.92. The van der Waals surface area contributed by atoms with Crippen molar-refractivity contribution in [3.63, 3.8) is 0 Å². The van der Waals surface area contributed by atoms with Gasteiger partial charge in [0.1, 0.15) is 0 Å². The highest BCUT2D eigenvalue weighted by Crippen LogP contribution is 2.25. The maximum atomic E-state index is 12.1. The van der Waals surface area contributed by atoms with Crippen LogP contribution in [-0.4, -0.2) is 36.7 Å². The van der Waals surface area contributed by atoms with Gasteiger partial charge >= 0.3 is 6.03 Å². The normalized spacial score (nSPS) is 17.5. The predicted octanol–water partition coefficient (Wildman–Crippen LogP) is 4.54. The summed E-state index contributed by atoms with van der Waals surface area (Å²) < 4.78 is 5.59. The summed E-state index contributed by atoms with van der Waals surface area (Å²) in [6, 6.07) is 12.9. The molecule has 27 heavy (non-hydrogen) atoms. The molecule has 1 saturated heterocycles. The first-order chi connectivity index (χ1) is 13.0. The number of benzene rings is 2. The van der Waals surface area contributed by atoms with Crippen molar-refractivity contribution in [2.75, 3.05) is 25.0 Å². The predicted molar refractivity (Wildman–Crippen MR) is 109 cm³/mol. The Bertz CT molecular complexity index is 801. The zero-order valence-corrected chi connectivity index (χ0v) is 16.7. The lowest BCUT2D eigenvalue weighted by Gasteiger charge is -2.31. The Hall–Kier alpha value is -1.79. The van der Waals surface area contributed by atoms with Gasteiger partial charge in [-0.25, -0.2) is 4.79 Å². The van der Waals surface area contributed by atoms with Crippen LogP contribution in [0.4, 0.5) is 10.5 Å². The number of morpholine rings is 1. The number of carbonyl (C=O) groups is 1. The van der Waals surface area contributed by atoms with Crippen LogP contribution < -0.4 is 10.6 Å². The molecule has 0 aliphatic carbocycles. The van der Waals surface area contributed by atoms with Crippen LogP contribution >= 0.6 is 23.2 Å². The standard InChI is InChI=1S/C20H23Cl2N3O2/c1-14-12-25(7-8-27-14)13-16-4-2-3-15(9-16)11-23-20(26)24-19-10-17(21)5-6-18(19)22/h2-6,9-10,14H,7-8,11-13H2,1H3,(H2,23,24,26)/t14-/m0/s1. The summed E-state index contributed by atoms with van der Waals surface area (Å²) in [4.78, 5) is 14.5. The Morgan fingerprint density at radius 2 is 2.04 bits per heavy atom. The quantitative estimate of drug-likeness (QED) is 0.764. The molecule has 0 saturated carbocycles. The number of anilines is 1. The molecule has 2 N–H and O–H groups in total. The van der Waals surface area contributed by atoms with Gasteiger partial charge in [-0.3, -0.25) is 4.90 Å². The summed E-state index contributed by atoms with van der Waals surface area (Å²) in [6.07, 6.45) is 0.269. The molecule has 5 nitrogen and oxygen atoms in total. The highest BCUT2D eigenvalue weighted by Gasteiger charge is 2.16. The van der Waals surface area contributed by atoms with E-state index < -0.39 is 0 Å². The molecule has 2 aromatic carbocycles. The molecule has 0 radical (unpaired) electrons. The van der Waals surface area contributed by atoms with E-state index in [1.165, 1.54) is 5.56 Å². The molecule has 7 heteroatoms. The number of hydrogen-bond acceptors (Lipinski definition) is 3. The van der Waals surface area contributed by atoms with E-state index in [4.69, 9.17) is 27.9 Å². The van der Waals surface area contributed by atoms with Crippen molar-refractivity contribution in [3.05, 3.63) is 63.6 Å². The lowest BCUT2D eigenvalue weighted by Crippen LogP contribution is -2.40. The largest absolute Gasteiger partial charge is 0.376 e. The Kier molecular flexibility index (Phi) is 6.96. The third kappa shape index (κ3) is 6.11. The second-order valence-electron chi connectivity index (χ2n) is 6.67. The van der Waals surface area contributed by atoms with Crippen LogP contribution in [0.3, 0.4) is 0 Å². The van der Waals surface area contributed by atoms with Crippen molar-refractivity contribution < 1.29 is 9.53 Å². The number of hydrogen-bond donors (Lipinski definition) is 2. The van der Waals surface area contributed by atoms with E-state index >= 15 is 0 Å². The summed E-state index contributed by atoms with van der Waals surface area (Å²) >= 11 is 12.0. The van der Waals surface area contributed by atoms with Gasteiger partial charge in [0, 0.05) is 31.2 Å². The number of rotatable bonds is 5. The SMILES string of the molecule is C[C@H]1CN(Cc2cccc(CNC(=O)Nc3cc(Cl)ccc3Cl)c2)CCO1. The Morgan fingerprint density at radius 3 is 2.85 bits per heavy atom. The van der Waals surface area contributed by atoms with Crippen LogP contribution in [0, 0.1) is 0 Å². The fraction of sp³-hybridized carbons (Fsp3) is 0.350. The van der Waals surface area contributed by atoms with E-state index in [2.05, 4.69) is 34.6 Å². The third-order valence-electron chi connectivity index (χ3n) is 4.35. The van der Waals surface area contributed by atoms with Gasteiger partial charge in [-0.2, -0.15) is 0 Å². The van der Waals surface area contributed by atoms with Crippen molar-refractivity contribution in [2.24, 2.45) is 0 Å². The van der Waals surface area contributed by atoms with Crippen molar-refractivity contribution in [3.8, 4) is 0 Å². The monoisotopic (exact) mass is 407 g/mol. The number of urea groups is 1. The summed E-state index contributed by atoms with van der Waals surface area (Å²) in [5.41, 5.74) is 2.75. The van der Waals surface area contributed by atoms with E-state index in [-0.39, 0.29) is 12.1 Å². The average Bonchev–Trinajstić information content (AvgIpc) is 2.63. The minimum atomic E-state index is -0.327. The number of amides is 2. The second-order valence-corrected chi connectivity index (χ2v) is 7.51. The molecule has 2 amide bonds. The van der Waals surface area contributed by atoms with Gasteiger partial charge in [0.05, 0.1) is 23.4 Å². The van der Waals surface area contributed by atoms with Crippen LogP contribution in [0.25, 0.3) is 0 Å². The first-order valence-electron chi connectivity index (χ1n) is 8.91. The Balaban J connectivity index is 1.53. The van der Waals surface area contributed by atoms with E-state index in [9.17, 15) is 4.79 Å². The number of carbonyl (C=O) groups excluding carboxylic acids is 1. The summed E-state index contributed by atoms with van der Waals surface area (Å²) in [5.74, 6) is 0. The number of halogens is 2. The second kappa shape index (κ2) is 9.42. The fourth-order valence-electron chi connectivity index (χ4n) is 3.07. The van der Waals surface area contributed by atoms with Crippen molar-refractivity contribution in [1.82, 2.24) is 10.2 Å². The van der Waals surface area contributed by atoms with Gasteiger partial charge in [0.15, 0.2) is 0 Å². The van der Waals surface area contributed by atoms with Crippen molar-refractivity contribution in [1.29, 1.82) is 0 Å². The maximum absolute atomic E-state index is 12.1. The molecular weight excluding hydrogens is 385 g/mol. The highest BCUT2D eigenvalue weighted by molar-refractivity contribution is 6.35. The number of nitrogens with one attached hydrogen (secondary N) is 2. The summed E-state index contributed by atoms with van der Waals surface area (Å²) in [5, 5.41) is 6.52. The molecule has 3 rings (SSSR count).